The molecule has 0 spiro atoms. The topological polar surface area (TPSA) is 97.1 Å². The lowest BCUT2D eigenvalue weighted by Crippen LogP contribution is -2.35. The maximum atomic E-state index is 12.3. The van der Waals surface area contributed by atoms with E-state index >= 15 is 0 Å². The molecule has 2 heterocycles. The van der Waals surface area contributed by atoms with Crippen molar-refractivity contribution in [2.75, 3.05) is 12.1 Å². The Labute approximate surface area is 168 Å². The van der Waals surface area contributed by atoms with Crippen molar-refractivity contribution < 1.29 is 14.6 Å². The number of methoxy groups -OCH3 is 1. The summed E-state index contributed by atoms with van der Waals surface area (Å²) < 4.78 is 5.12. The fourth-order valence-corrected chi connectivity index (χ4v) is 4.74. The molecule has 1 fully saturated rings. The molecular weight excluding hydrogens is 400 g/mol. The van der Waals surface area contributed by atoms with Crippen molar-refractivity contribution in [1.29, 1.82) is 0 Å². The molecule has 2 aromatic carbocycles. The first-order chi connectivity index (χ1) is 13.5. The average Bonchev–Trinajstić information content (AvgIpc) is 3.22. The Morgan fingerprint density at radius 2 is 2.00 bits per heavy atom. The third kappa shape index (κ3) is 3.56. The van der Waals surface area contributed by atoms with Gasteiger partial charge >= 0.3 is 0 Å². The summed E-state index contributed by atoms with van der Waals surface area (Å²) in [4.78, 5) is 29.4. The van der Waals surface area contributed by atoms with Crippen LogP contribution in [0.3, 0.4) is 0 Å². The Morgan fingerprint density at radius 3 is 2.71 bits per heavy atom. The maximum absolute atomic E-state index is 12.3. The third-order valence-electron chi connectivity index (χ3n) is 4.02. The second-order valence-corrected chi connectivity index (χ2v) is 7.89. The quantitative estimate of drug-likeness (QED) is 0.465. The number of hydrogen-bond acceptors (Lipinski definition) is 7. The number of nitro groups is 1. The standard InChI is InChI=1S/C18H14N4O4S2/c1-26-12-8-6-11(7-9-12)10-15-16(23)19-17(27-15)20-18-21(22(24)25)13-4-2-3-5-14(13)28-18/h2-10,18H,1H3,(H,19,20,23)/b15-10+. The summed E-state index contributed by atoms with van der Waals surface area (Å²) >= 11 is 2.43. The van der Waals surface area contributed by atoms with E-state index in [0.717, 1.165) is 33.0 Å². The molecule has 0 aromatic heterocycles. The molecule has 10 heteroatoms. The molecule has 1 unspecified atom stereocenters. The van der Waals surface area contributed by atoms with Gasteiger partial charge in [-0.1, -0.05) is 41.0 Å². The molecule has 1 amide bonds. The highest BCUT2D eigenvalue weighted by Gasteiger charge is 2.39. The molecule has 1 saturated heterocycles. The summed E-state index contributed by atoms with van der Waals surface area (Å²) in [5.41, 5.74) is 0.556. The van der Waals surface area contributed by atoms with Crippen LogP contribution in [0.2, 0.25) is 0 Å². The molecule has 2 aromatic rings. The van der Waals surface area contributed by atoms with Gasteiger partial charge in [0.15, 0.2) is 10.2 Å². The van der Waals surface area contributed by atoms with Crippen LogP contribution in [0.15, 0.2) is 63.3 Å². The predicted octanol–water partition coefficient (Wildman–Crippen LogP) is 3.34. The van der Waals surface area contributed by atoms with E-state index in [2.05, 4.69) is 10.3 Å². The van der Waals surface area contributed by atoms with E-state index in [1.54, 1.807) is 37.5 Å². The number of hydrazine groups is 1. The summed E-state index contributed by atoms with van der Waals surface area (Å²) in [7, 11) is 1.59. The summed E-state index contributed by atoms with van der Waals surface area (Å²) in [6.07, 6.45) is 1.74. The zero-order valence-corrected chi connectivity index (χ0v) is 16.2. The molecule has 2 aliphatic rings. The number of aliphatic imine (C=N–C) groups is 1. The summed E-state index contributed by atoms with van der Waals surface area (Å²) in [5.74, 6) is 0.443. The van der Waals surface area contributed by atoms with Crippen LogP contribution >= 0.6 is 23.5 Å². The van der Waals surface area contributed by atoms with Gasteiger partial charge < -0.3 is 10.1 Å². The van der Waals surface area contributed by atoms with E-state index in [-0.39, 0.29) is 5.91 Å². The van der Waals surface area contributed by atoms with Gasteiger partial charge in [0.25, 0.3) is 5.91 Å². The molecule has 8 nitrogen and oxygen atoms in total. The van der Waals surface area contributed by atoms with E-state index in [1.165, 1.54) is 11.8 Å². The van der Waals surface area contributed by atoms with Crippen molar-refractivity contribution in [2.45, 2.75) is 10.4 Å². The van der Waals surface area contributed by atoms with Gasteiger partial charge in [-0.15, -0.1) is 0 Å². The lowest BCUT2D eigenvalue weighted by Gasteiger charge is -2.12. The number of thioether (sulfide) groups is 2. The van der Waals surface area contributed by atoms with Crippen molar-refractivity contribution >= 4 is 46.4 Å². The first-order valence-electron chi connectivity index (χ1n) is 8.17. The number of ether oxygens (including phenoxy) is 1. The van der Waals surface area contributed by atoms with Gasteiger partial charge in [-0.05, 0) is 47.7 Å². The van der Waals surface area contributed by atoms with E-state index in [4.69, 9.17) is 4.74 Å². The van der Waals surface area contributed by atoms with Crippen LogP contribution in [-0.4, -0.2) is 28.7 Å². The number of nitrogens with one attached hydrogen (secondary N) is 1. The van der Waals surface area contributed by atoms with Crippen LogP contribution in [-0.2, 0) is 4.79 Å². The number of hydrogen-bond donors (Lipinski definition) is 1. The summed E-state index contributed by atoms with van der Waals surface area (Å²) in [6, 6.07) is 14.3. The number of nitrogens with zero attached hydrogens (tertiary/aromatic N) is 3. The number of anilines is 1. The number of rotatable bonds is 4. The smallest absolute Gasteiger partial charge is 0.264 e. The molecule has 0 aliphatic carbocycles. The fraction of sp³-hybridized carbons (Fsp3) is 0.111. The highest BCUT2D eigenvalue weighted by atomic mass is 32.2. The number of fused-ring (bicyclic) bond motifs is 1. The lowest BCUT2D eigenvalue weighted by atomic mass is 10.2. The van der Waals surface area contributed by atoms with E-state index < -0.39 is 10.5 Å². The van der Waals surface area contributed by atoms with Crippen LogP contribution in [0.25, 0.3) is 6.08 Å². The highest BCUT2D eigenvalue weighted by molar-refractivity contribution is 8.18. The molecule has 0 saturated carbocycles. The second-order valence-electron chi connectivity index (χ2n) is 5.77. The summed E-state index contributed by atoms with van der Waals surface area (Å²) in [6.45, 7) is 0. The molecule has 2 aliphatic heterocycles. The minimum Gasteiger partial charge on any atom is -0.497 e. The number of carbonyl (C=O) groups excluding carboxylic acids is 1. The molecule has 1 N–H and O–H groups in total. The third-order valence-corrected chi connectivity index (χ3v) is 6.06. The average molecular weight is 414 g/mol. The fourth-order valence-electron chi connectivity index (χ4n) is 2.72. The highest BCUT2D eigenvalue weighted by Crippen LogP contribution is 2.44. The Kier molecular flexibility index (Phi) is 4.97. The van der Waals surface area contributed by atoms with E-state index in [0.29, 0.717) is 15.8 Å². The van der Waals surface area contributed by atoms with E-state index in [9.17, 15) is 14.9 Å². The summed E-state index contributed by atoms with van der Waals surface area (Å²) in [5, 5.41) is 15.0. The molecule has 0 radical (unpaired) electrons. The first-order valence-corrected chi connectivity index (χ1v) is 9.87. The van der Waals surface area contributed by atoms with Crippen LogP contribution in [0.4, 0.5) is 5.69 Å². The molecule has 1 atom stereocenters. The number of amides is 1. The van der Waals surface area contributed by atoms with Gasteiger partial charge in [0.2, 0.25) is 5.50 Å². The van der Waals surface area contributed by atoms with Gasteiger partial charge in [0.1, 0.15) is 11.4 Å². The zero-order chi connectivity index (χ0) is 19.7. The molecule has 28 heavy (non-hydrogen) atoms. The van der Waals surface area contributed by atoms with Crippen molar-refractivity contribution in [3.05, 3.63) is 69.1 Å². The Balaban J connectivity index is 1.56. The van der Waals surface area contributed by atoms with Gasteiger partial charge in [-0.2, -0.15) is 0 Å². The van der Waals surface area contributed by atoms with E-state index in [1.807, 2.05) is 24.3 Å². The maximum Gasteiger partial charge on any atom is 0.264 e. The molecule has 142 valence electrons. The molecular formula is C18H14N4O4S2. The van der Waals surface area contributed by atoms with Crippen LogP contribution < -0.4 is 15.1 Å². The normalized spacial score (nSPS) is 21.1. The Bertz CT molecular complexity index is 1010. The van der Waals surface area contributed by atoms with Crippen LogP contribution in [0, 0.1) is 10.1 Å². The number of benzene rings is 2. The van der Waals surface area contributed by atoms with Crippen molar-refractivity contribution in [2.24, 2.45) is 4.99 Å². The Hall–Kier alpha value is -2.98. The molecule has 4 rings (SSSR count). The molecule has 0 bridgehead atoms. The van der Waals surface area contributed by atoms with Crippen molar-refractivity contribution in [1.82, 2.24) is 5.32 Å². The number of para-hydroxylation sites is 1. The van der Waals surface area contributed by atoms with Crippen LogP contribution in [0.5, 0.6) is 5.75 Å². The van der Waals surface area contributed by atoms with Gasteiger partial charge in [-0.25, -0.2) is 15.1 Å². The zero-order valence-electron chi connectivity index (χ0n) is 14.6. The largest absolute Gasteiger partial charge is 0.497 e. The lowest BCUT2D eigenvalue weighted by molar-refractivity contribution is -0.496. The minimum atomic E-state index is -0.782. The predicted molar refractivity (Wildman–Crippen MR) is 110 cm³/mol. The van der Waals surface area contributed by atoms with Gasteiger partial charge in [0, 0.05) is 4.90 Å². The second kappa shape index (κ2) is 7.56. The Morgan fingerprint density at radius 1 is 1.25 bits per heavy atom. The monoisotopic (exact) mass is 414 g/mol. The first kappa shape index (κ1) is 18.4. The van der Waals surface area contributed by atoms with Crippen molar-refractivity contribution in [3.8, 4) is 5.75 Å². The SMILES string of the molecule is COc1ccc(/C=C2/S/C(=N\C3Sc4ccccc4N3[N+](=O)[O-])NC2=O)cc1. The van der Waals surface area contributed by atoms with Crippen molar-refractivity contribution in [3.63, 3.8) is 0 Å². The van der Waals surface area contributed by atoms with Gasteiger partial charge in [0.05, 0.1) is 12.0 Å². The minimum absolute atomic E-state index is 0.285. The van der Waals surface area contributed by atoms with Crippen LogP contribution in [0.1, 0.15) is 5.56 Å². The van der Waals surface area contributed by atoms with Gasteiger partial charge in [-0.3, -0.25) is 4.79 Å². The number of carbonyl (C=O) groups is 1. The number of amidine groups is 1.